The third-order valence-electron chi connectivity index (χ3n) is 3.74. The third-order valence-corrected chi connectivity index (χ3v) is 3.74. The minimum absolute atomic E-state index is 0.0715. The minimum atomic E-state index is -0.0715. The lowest BCUT2D eigenvalue weighted by atomic mass is 10.1. The van der Waals surface area contributed by atoms with Crippen LogP contribution in [0.2, 0.25) is 0 Å². The summed E-state index contributed by atoms with van der Waals surface area (Å²) in [6, 6.07) is 3.91. The third kappa shape index (κ3) is 5.61. The van der Waals surface area contributed by atoms with E-state index in [-0.39, 0.29) is 5.91 Å². The van der Waals surface area contributed by atoms with Crippen molar-refractivity contribution in [1.82, 2.24) is 19.9 Å². The molecule has 0 unspecified atom stereocenters. The van der Waals surface area contributed by atoms with Gasteiger partial charge in [0.25, 0.3) is 5.91 Å². The van der Waals surface area contributed by atoms with Gasteiger partial charge in [-0.3, -0.25) is 9.78 Å². The van der Waals surface area contributed by atoms with Gasteiger partial charge in [0.05, 0.1) is 5.56 Å². The lowest BCUT2D eigenvalue weighted by Crippen LogP contribution is -2.29. The Labute approximate surface area is 143 Å². The molecule has 0 saturated heterocycles. The fraction of sp³-hybridized carbons (Fsp3) is 0.444. The van der Waals surface area contributed by atoms with Gasteiger partial charge in [-0.25, -0.2) is 9.97 Å². The number of nitrogens with zero attached hydrogens (tertiary/aromatic N) is 4. The van der Waals surface area contributed by atoms with Crippen LogP contribution in [0.5, 0.6) is 0 Å². The number of carbonyl (C=O) groups excluding carboxylic acids is 1. The van der Waals surface area contributed by atoms with Crippen LogP contribution in [0.25, 0.3) is 0 Å². The fourth-order valence-electron chi connectivity index (χ4n) is 2.17. The van der Waals surface area contributed by atoms with Gasteiger partial charge in [-0.1, -0.05) is 13.8 Å². The van der Waals surface area contributed by atoms with Gasteiger partial charge in [-0.05, 0) is 36.5 Å². The first-order chi connectivity index (χ1) is 11.6. The quantitative estimate of drug-likeness (QED) is 0.807. The van der Waals surface area contributed by atoms with E-state index in [9.17, 15) is 4.79 Å². The van der Waals surface area contributed by atoms with E-state index in [1.807, 2.05) is 12.1 Å². The number of anilines is 1. The first-order valence-corrected chi connectivity index (χ1v) is 8.26. The van der Waals surface area contributed by atoms with E-state index in [2.05, 4.69) is 34.1 Å². The summed E-state index contributed by atoms with van der Waals surface area (Å²) in [6.45, 7) is 5.81. The molecule has 2 aromatic rings. The van der Waals surface area contributed by atoms with Gasteiger partial charge in [0.15, 0.2) is 0 Å². The fourth-order valence-corrected chi connectivity index (χ4v) is 2.17. The summed E-state index contributed by atoms with van der Waals surface area (Å²) in [5.74, 6) is 1.12. The normalized spacial score (nSPS) is 10.7. The van der Waals surface area contributed by atoms with Gasteiger partial charge in [-0.2, -0.15) is 0 Å². The summed E-state index contributed by atoms with van der Waals surface area (Å²) in [4.78, 5) is 26.5. The van der Waals surface area contributed by atoms with Crippen LogP contribution in [-0.2, 0) is 6.42 Å². The van der Waals surface area contributed by atoms with Crippen LogP contribution in [0.15, 0.2) is 36.9 Å². The summed E-state index contributed by atoms with van der Waals surface area (Å²) >= 11 is 0. The van der Waals surface area contributed by atoms with Gasteiger partial charge < -0.3 is 10.2 Å². The lowest BCUT2D eigenvalue weighted by Gasteiger charge is -2.17. The molecule has 6 nitrogen and oxygen atoms in total. The van der Waals surface area contributed by atoms with Gasteiger partial charge in [0, 0.05) is 44.9 Å². The predicted octanol–water partition coefficient (Wildman–Crippen LogP) is 2.64. The van der Waals surface area contributed by atoms with Crippen LogP contribution in [0, 0.1) is 5.92 Å². The maximum Gasteiger partial charge on any atom is 0.256 e. The van der Waals surface area contributed by atoms with Crippen molar-refractivity contribution in [3.8, 4) is 0 Å². The van der Waals surface area contributed by atoms with Crippen molar-refractivity contribution < 1.29 is 4.79 Å². The highest BCUT2D eigenvalue weighted by molar-refractivity contribution is 5.93. The van der Waals surface area contributed by atoms with Crippen molar-refractivity contribution in [3.63, 3.8) is 0 Å². The Morgan fingerprint density at radius 1 is 1.21 bits per heavy atom. The topological polar surface area (TPSA) is 71.0 Å². The number of nitrogens with one attached hydrogen (secondary N) is 1. The van der Waals surface area contributed by atoms with E-state index in [1.165, 1.54) is 0 Å². The predicted molar refractivity (Wildman–Crippen MR) is 94.9 cm³/mol. The van der Waals surface area contributed by atoms with E-state index in [0.717, 1.165) is 24.9 Å². The molecule has 24 heavy (non-hydrogen) atoms. The zero-order valence-electron chi connectivity index (χ0n) is 14.6. The maximum absolute atomic E-state index is 12.4. The molecule has 0 spiro atoms. The molecule has 6 heteroatoms. The van der Waals surface area contributed by atoms with Gasteiger partial charge in [0.1, 0.15) is 0 Å². The van der Waals surface area contributed by atoms with Crippen molar-refractivity contribution in [1.29, 1.82) is 0 Å². The Bertz CT molecular complexity index is 628. The molecule has 0 aliphatic rings. The maximum atomic E-state index is 12.4. The summed E-state index contributed by atoms with van der Waals surface area (Å²) in [5, 5.41) is 3.16. The van der Waals surface area contributed by atoms with Gasteiger partial charge in [0.2, 0.25) is 5.95 Å². The smallest absolute Gasteiger partial charge is 0.256 e. The van der Waals surface area contributed by atoms with E-state index in [4.69, 9.17) is 0 Å². The molecule has 2 rings (SSSR count). The average molecular weight is 327 g/mol. The monoisotopic (exact) mass is 327 g/mol. The molecule has 0 saturated carbocycles. The number of hydrogen-bond acceptors (Lipinski definition) is 5. The van der Waals surface area contributed by atoms with Gasteiger partial charge >= 0.3 is 0 Å². The van der Waals surface area contributed by atoms with E-state index in [0.29, 0.717) is 24.0 Å². The Balaban J connectivity index is 1.84. The highest BCUT2D eigenvalue weighted by Crippen LogP contribution is 2.06. The molecule has 0 atom stereocenters. The zero-order valence-corrected chi connectivity index (χ0v) is 14.6. The van der Waals surface area contributed by atoms with Crippen LogP contribution in [0.4, 0.5) is 5.95 Å². The van der Waals surface area contributed by atoms with Crippen molar-refractivity contribution in [2.24, 2.45) is 5.92 Å². The molecule has 2 aromatic heterocycles. The molecule has 0 aliphatic heterocycles. The number of carbonyl (C=O) groups is 1. The second kappa shape index (κ2) is 8.96. The largest absolute Gasteiger partial charge is 0.354 e. The van der Waals surface area contributed by atoms with Crippen molar-refractivity contribution in [2.75, 3.05) is 25.5 Å². The Morgan fingerprint density at radius 3 is 2.50 bits per heavy atom. The first-order valence-electron chi connectivity index (χ1n) is 8.26. The summed E-state index contributed by atoms with van der Waals surface area (Å²) < 4.78 is 0. The van der Waals surface area contributed by atoms with Crippen molar-refractivity contribution >= 4 is 11.9 Å². The Hall–Kier alpha value is -2.50. The molecule has 2 heterocycles. The highest BCUT2D eigenvalue weighted by Gasteiger charge is 2.12. The zero-order chi connectivity index (χ0) is 17.4. The molecular formula is C18H25N5O. The number of rotatable bonds is 8. The first kappa shape index (κ1) is 17.8. The molecule has 1 N–H and O–H groups in total. The SMILES string of the molecule is CC(C)CCNc1ncc(C(=O)N(C)CCc2ccncc2)cn1. The Kier molecular flexibility index (Phi) is 6.66. The van der Waals surface area contributed by atoms with Crippen LogP contribution in [0.1, 0.15) is 36.2 Å². The molecule has 128 valence electrons. The molecule has 0 aliphatic carbocycles. The summed E-state index contributed by atoms with van der Waals surface area (Å²) in [7, 11) is 1.79. The van der Waals surface area contributed by atoms with Gasteiger partial charge in [-0.15, -0.1) is 0 Å². The van der Waals surface area contributed by atoms with E-state index >= 15 is 0 Å². The van der Waals surface area contributed by atoms with Crippen molar-refractivity contribution in [3.05, 3.63) is 48.0 Å². The second-order valence-corrected chi connectivity index (χ2v) is 6.24. The molecule has 1 amide bonds. The van der Waals surface area contributed by atoms with E-state index in [1.54, 1.807) is 36.7 Å². The van der Waals surface area contributed by atoms with Crippen LogP contribution >= 0.6 is 0 Å². The molecule has 0 radical (unpaired) electrons. The van der Waals surface area contributed by atoms with E-state index < -0.39 is 0 Å². The number of pyridine rings is 1. The Morgan fingerprint density at radius 2 is 1.88 bits per heavy atom. The standard InChI is InChI=1S/C18H25N5O/c1-14(2)4-10-20-18-21-12-16(13-22-18)17(24)23(3)11-7-15-5-8-19-9-6-15/h5-6,8-9,12-14H,4,7,10-11H2,1-3H3,(H,20,21,22). The lowest BCUT2D eigenvalue weighted by molar-refractivity contribution is 0.0796. The number of likely N-dealkylation sites (N-methyl/N-ethyl adjacent to an activating group) is 1. The summed E-state index contributed by atoms with van der Waals surface area (Å²) in [5.41, 5.74) is 1.66. The molecule has 0 aromatic carbocycles. The number of amides is 1. The molecule has 0 fully saturated rings. The molecular weight excluding hydrogens is 302 g/mol. The van der Waals surface area contributed by atoms with Crippen LogP contribution in [-0.4, -0.2) is 45.9 Å². The van der Waals surface area contributed by atoms with Crippen LogP contribution < -0.4 is 5.32 Å². The average Bonchev–Trinajstić information content (AvgIpc) is 2.60. The second-order valence-electron chi connectivity index (χ2n) is 6.24. The summed E-state index contributed by atoms with van der Waals surface area (Å²) in [6.07, 6.45) is 8.53. The van der Waals surface area contributed by atoms with Crippen molar-refractivity contribution in [2.45, 2.75) is 26.7 Å². The number of aromatic nitrogens is 3. The highest BCUT2D eigenvalue weighted by atomic mass is 16.2. The molecule has 0 bridgehead atoms. The van der Waals surface area contributed by atoms with Crippen LogP contribution in [0.3, 0.4) is 0 Å². The minimum Gasteiger partial charge on any atom is -0.354 e. The number of hydrogen-bond donors (Lipinski definition) is 1.